The van der Waals surface area contributed by atoms with Crippen LogP contribution in [0.1, 0.15) is 30.9 Å². The first-order valence-electron chi connectivity index (χ1n) is 6.84. The van der Waals surface area contributed by atoms with Gasteiger partial charge in [-0.15, -0.1) is 0 Å². The Hall–Kier alpha value is -1.06. The number of aryl methyl sites for hydroxylation is 1. The van der Waals surface area contributed by atoms with Crippen LogP contribution >= 0.6 is 0 Å². The van der Waals surface area contributed by atoms with Gasteiger partial charge in [0, 0.05) is 25.3 Å². The average Bonchev–Trinajstić information content (AvgIpc) is 2.38. The zero-order valence-electron chi connectivity index (χ0n) is 11.4. The van der Waals surface area contributed by atoms with Crippen LogP contribution in [0.25, 0.3) is 0 Å². The molecule has 0 bridgehead atoms. The van der Waals surface area contributed by atoms with E-state index < -0.39 is 0 Å². The van der Waals surface area contributed by atoms with E-state index in [9.17, 15) is 5.11 Å². The van der Waals surface area contributed by atoms with Gasteiger partial charge in [-0.2, -0.15) is 0 Å². The summed E-state index contributed by atoms with van der Waals surface area (Å²) in [6.07, 6.45) is 1.95. The van der Waals surface area contributed by atoms with Gasteiger partial charge in [0.05, 0.1) is 6.10 Å². The fraction of sp³-hybridized carbons (Fsp3) is 0.600. The van der Waals surface area contributed by atoms with E-state index >= 15 is 0 Å². The maximum atomic E-state index is 9.63. The molecule has 0 aliphatic carbocycles. The van der Waals surface area contributed by atoms with E-state index in [0.717, 1.165) is 25.9 Å². The Labute approximate surface area is 110 Å². The first-order valence-corrected chi connectivity index (χ1v) is 6.84. The highest BCUT2D eigenvalue weighted by Gasteiger charge is 2.23. The third-order valence-electron chi connectivity index (χ3n) is 4.02. The lowest BCUT2D eigenvalue weighted by atomic mass is 9.91. The highest BCUT2D eigenvalue weighted by molar-refractivity contribution is 5.55. The van der Waals surface area contributed by atoms with Crippen molar-refractivity contribution in [3.05, 3.63) is 29.3 Å². The van der Waals surface area contributed by atoms with Gasteiger partial charge in [-0.1, -0.05) is 17.7 Å². The van der Waals surface area contributed by atoms with E-state index in [1.165, 1.54) is 16.8 Å². The van der Waals surface area contributed by atoms with E-state index in [0.29, 0.717) is 12.5 Å². The second-order valence-electron chi connectivity index (χ2n) is 5.40. The molecule has 3 heteroatoms. The van der Waals surface area contributed by atoms with Crippen molar-refractivity contribution in [3.63, 3.8) is 0 Å². The Morgan fingerprint density at radius 3 is 2.61 bits per heavy atom. The zero-order valence-corrected chi connectivity index (χ0v) is 11.4. The summed E-state index contributed by atoms with van der Waals surface area (Å²) < 4.78 is 0. The topological polar surface area (TPSA) is 49.5 Å². The number of aliphatic hydroxyl groups excluding tert-OH is 1. The van der Waals surface area contributed by atoms with Crippen LogP contribution in [0.2, 0.25) is 0 Å². The summed E-state index contributed by atoms with van der Waals surface area (Å²) in [4.78, 5) is 2.40. The molecule has 1 aliphatic rings. The number of anilines is 1. The lowest BCUT2D eigenvalue weighted by Crippen LogP contribution is -2.37. The van der Waals surface area contributed by atoms with Crippen molar-refractivity contribution in [3.8, 4) is 0 Å². The normalized spacial score (nSPS) is 19.0. The number of piperidine rings is 1. The van der Waals surface area contributed by atoms with Gasteiger partial charge in [-0.25, -0.2) is 0 Å². The van der Waals surface area contributed by atoms with Crippen molar-refractivity contribution in [2.24, 2.45) is 11.7 Å². The third-order valence-corrected chi connectivity index (χ3v) is 4.02. The van der Waals surface area contributed by atoms with Gasteiger partial charge < -0.3 is 15.7 Å². The van der Waals surface area contributed by atoms with Gasteiger partial charge in [0.1, 0.15) is 0 Å². The third kappa shape index (κ3) is 2.85. The second-order valence-corrected chi connectivity index (χ2v) is 5.40. The predicted octanol–water partition coefficient (Wildman–Crippen LogP) is 2.05. The van der Waals surface area contributed by atoms with Crippen LogP contribution in [0.4, 0.5) is 5.69 Å². The van der Waals surface area contributed by atoms with Crippen molar-refractivity contribution in [1.82, 2.24) is 0 Å². The molecule has 3 nitrogen and oxygen atoms in total. The largest absolute Gasteiger partial charge is 0.393 e. The Kier molecular flexibility index (Phi) is 4.25. The molecule has 1 atom stereocenters. The smallest absolute Gasteiger partial charge is 0.0541 e. The molecule has 0 aromatic heterocycles. The van der Waals surface area contributed by atoms with Crippen LogP contribution in [0.15, 0.2) is 18.2 Å². The molecule has 1 aliphatic heterocycles. The number of nitrogens with zero attached hydrogens (tertiary/aromatic N) is 1. The maximum Gasteiger partial charge on any atom is 0.0541 e. The molecule has 0 saturated carbocycles. The number of hydrogen-bond acceptors (Lipinski definition) is 3. The van der Waals surface area contributed by atoms with Crippen LogP contribution < -0.4 is 10.6 Å². The molecular weight excluding hydrogens is 224 g/mol. The fourth-order valence-electron chi connectivity index (χ4n) is 2.81. The van der Waals surface area contributed by atoms with Crippen molar-refractivity contribution >= 4 is 5.69 Å². The molecule has 1 aromatic carbocycles. The van der Waals surface area contributed by atoms with Gasteiger partial charge >= 0.3 is 0 Å². The molecule has 1 fully saturated rings. The molecule has 1 saturated heterocycles. The summed E-state index contributed by atoms with van der Waals surface area (Å²) in [6, 6.07) is 6.51. The van der Waals surface area contributed by atoms with Gasteiger partial charge in [-0.05, 0) is 44.2 Å². The summed E-state index contributed by atoms with van der Waals surface area (Å²) in [5.41, 5.74) is 9.59. The maximum absolute atomic E-state index is 9.63. The van der Waals surface area contributed by atoms with Crippen molar-refractivity contribution in [1.29, 1.82) is 0 Å². The second kappa shape index (κ2) is 5.72. The van der Waals surface area contributed by atoms with Crippen molar-refractivity contribution in [2.75, 3.05) is 18.0 Å². The lowest BCUT2D eigenvalue weighted by molar-refractivity contribution is 0.110. The number of hydrogen-bond donors (Lipinski definition) is 2. The minimum atomic E-state index is -0.181. The predicted molar refractivity (Wildman–Crippen MR) is 75.7 cm³/mol. The fourth-order valence-corrected chi connectivity index (χ4v) is 2.81. The summed E-state index contributed by atoms with van der Waals surface area (Å²) >= 11 is 0. The lowest BCUT2D eigenvalue weighted by Gasteiger charge is -2.35. The van der Waals surface area contributed by atoms with Crippen molar-refractivity contribution < 1.29 is 5.11 Å². The minimum Gasteiger partial charge on any atom is -0.393 e. The Balaban J connectivity index is 2.09. The molecule has 0 spiro atoms. The van der Waals surface area contributed by atoms with Crippen LogP contribution in [0.5, 0.6) is 0 Å². The van der Waals surface area contributed by atoms with Crippen LogP contribution in [-0.2, 0) is 6.54 Å². The molecule has 3 N–H and O–H groups in total. The average molecular weight is 248 g/mol. The first kappa shape index (κ1) is 13.4. The molecule has 1 unspecified atom stereocenters. The molecule has 2 rings (SSSR count). The zero-order chi connectivity index (χ0) is 13.1. The van der Waals surface area contributed by atoms with Gasteiger partial charge in [0.2, 0.25) is 0 Å². The summed E-state index contributed by atoms with van der Waals surface area (Å²) in [6.45, 7) is 6.63. The molecular formula is C15H24N2O. The number of nitrogens with two attached hydrogens (primary N) is 1. The van der Waals surface area contributed by atoms with Gasteiger partial charge in [-0.3, -0.25) is 0 Å². The van der Waals surface area contributed by atoms with Crippen LogP contribution in [0, 0.1) is 12.8 Å². The Morgan fingerprint density at radius 2 is 2.06 bits per heavy atom. The molecule has 1 heterocycles. The minimum absolute atomic E-state index is 0.181. The molecule has 18 heavy (non-hydrogen) atoms. The molecule has 0 amide bonds. The number of benzene rings is 1. The van der Waals surface area contributed by atoms with Gasteiger partial charge in [0.25, 0.3) is 0 Å². The van der Waals surface area contributed by atoms with E-state index in [2.05, 4.69) is 30.0 Å². The van der Waals surface area contributed by atoms with Crippen LogP contribution in [-0.4, -0.2) is 24.3 Å². The van der Waals surface area contributed by atoms with Crippen LogP contribution in [0.3, 0.4) is 0 Å². The number of aliphatic hydroxyl groups is 1. The monoisotopic (exact) mass is 248 g/mol. The quantitative estimate of drug-likeness (QED) is 0.860. The molecule has 100 valence electrons. The standard InChI is InChI=1S/C15H24N2O/c1-11-3-4-15(14(9-11)10-16)17-7-5-13(6-8-17)12(2)18/h3-4,9,12-13,18H,5-8,10,16H2,1-2H3. The SMILES string of the molecule is Cc1ccc(N2CCC(C(C)O)CC2)c(CN)c1. The van der Waals surface area contributed by atoms with Crippen molar-refractivity contribution in [2.45, 2.75) is 39.3 Å². The Bertz CT molecular complexity index is 395. The highest BCUT2D eigenvalue weighted by atomic mass is 16.3. The number of rotatable bonds is 3. The summed E-state index contributed by atoms with van der Waals surface area (Å²) in [5, 5.41) is 9.63. The first-order chi connectivity index (χ1) is 8.61. The Morgan fingerprint density at radius 1 is 1.39 bits per heavy atom. The van der Waals surface area contributed by atoms with Gasteiger partial charge in [0.15, 0.2) is 0 Å². The molecule has 1 aromatic rings. The summed E-state index contributed by atoms with van der Waals surface area (Å²) in [5.74, 6) is 0.452. The van der Waals surface area contributed by atoms with E-state index in [1.807, 2.05) is 6.92 Å². The molecule has 0 radical (unpaired) electrons. The highest BCUT2D eigenvalue weighted by Crippen LogP contribution is 2.28. The van der Waals surface area contributed by atoms with E-state index in [1.54, 1.807) is 0 Å². The summed E-state index contributed by atoms with van der Waals surface area (Å²) in [7, 11) is 0. The van der Waals surface area contributed by atoms with E-state index in [4.69, 9.17) is 5.73 Å². The van der Waals surface area contributed by atoms with E-state index in [-0.39, 0.29) is 6.10 Å².